The lowest BCUT2D eigenvalue weighted by atomic mass is 10.1. The second-order valence-electron chi connectivity index (χ2n) is 7.23. The lowest BCUT2D eigenvalue weighted by Gasteiger charge is -2.11. The Balaban J connectivity index is 1.73. The van der Waals surface area contributed by atoms with E-state index in [1.807, 2.05) is 18.2 Å². The molecule has 0 unspecified atom stereocenters. The number of nitrogen functional groups attached to an aromatic ring is 1. The lowest BCUT2D eigenvalue weighted by Crippen LogP contribution is -2.03. The smallest absolute Gasteiger partial charge is 0.141 e. The maximum absolute atomic E-state index is 6.03. The van der Waals surface area contributed by atoms with Gasteiger partial charge in [-0.25, -0.2) is 4.98 Å². The number of hydrogen-bond donors (Lipinski definition) is 1. The van der Waals surface area contributed by atoms with Gasteiger partial charge in [0.15, 0.2) is 0 Å². The Bertz CT molecular complexity index is 1080. The summed E-state index contributed by atoms with van der Waals surface area (Å²) < 4.78 is 2.35. The van der Waals surface area contributed by atoms with Gasteiger partial charge in [0.25, 0.3) is 0 Å². The molecule has 0 fully saturated rings. The highest BCUT2D eigenvalue weighted by atomic mass is 15.1. The van der Waals surface area contributed by atoms with Crippen LogP contribution in [0, 0.1) is 13.8 Å². The molecule has 0 amide bonds. The average molecular weight is 355 g/mol. The van der Waals surface area contributed by atoms with Crippen LogP contribution < -0.4 is 5.73 Å². The fourth-order valence-electron chi connectivity index (χ4n) is 3.59. The van der Waals surface area contributed by atoms with Crippen LogP contribution in [0.5, 0.6) is 0 Å². The van der Waals surface area contributed by atoms with Gasteiger partial charge < -0.3 is 10.3 Å². The second-order valence-corrected chi connectivity index (χ2v) is 7.23. The molecule has 4 aromatic rings. The van der Waals surface area contributed by atoms with E-state index in [1.54, 1.807) is 0 Å². The summed E-state index contributed by atoms with van der Waals surface area (Å²) in [6, 6.07) is 23.1. The molecule has 136 valence electrons. The standard InChI is InChI=1S/C24H25N3/c1-17-14-22-23(15-18(17)2)27(13-7-10-19-8-4-3-5-9-19)24(26-22)20-11-6-12-21(25)16-20/h3-6,8-9,11-12,14-16H,7,10,13,25H2,1-2H3. The van der Waals surface area contributed by atoms with Crippen LogP contribution in [-0.4, -0.2) is 9.55 Å². The van der Waals surface area contributed by atoms with Crippen molar-refractivity contribution >= 4 is 16.7 Å². The molecule has 4 rings (SSSR count). The van der Waals surface area contributed by atoms with E-state index in [9.17, 15) is 0 Å². The Labute approximate surface area is 160 Å². The van der Waals surface area contributed by atoms with Crippen LogP contribution in [-0.2, 0) is 13.0 Å². The minimum absolute atomic E-state index is 0.766. The van der Waals surface area contributed by atoms with E-state index in [-0.39, 0.29) is 0 Å². The summed E-state index contributed by atoms with van der Waals surface area (Å²) in [6.07, 6.45) is 2.12. The molecule has 27 heavy (non-hydrogen) atoms. The highest BCUT2D eigenvalue weighted by molar-refractivity contribution is 5.82. The number of nitrogens with two attached hydrogens (primary N) is 1. The average Bonchev–Trinajstić information content (AvgIpc) is 3.01. The van der Waals surface area contributed by atoms with Crippen molar-refractivity contribution < 1.29 is 0 Å². The van der Waals surface area contributed by atoms with Crippen LogP contribution in [0.1, 0.15) is 23.1 Å². The molecule has 0 aliphatic heterocycles. The van der Waals surface area contributed by atoms with Crippen molar-refractivity contribution in [1.29, 1.82) is 0 Å². The molecule has 2 N–H and O–H groups in total. The first-order chi connectivity index (χ1) is 13.1. The molecule has 0 saturated carbocycles. The van der Waals surface area contributed by atoms with Gasteiger partial charge in [0.2, 0.25) is 0 Å². The summed E-state index contributed by atoms with van der Waals surface area (Å²) in [6.45, 7) is 5.23. The number of fused-ring (bicyclic) bond motifs is 1. The Morgan fingerprint density at radius 1 is 0.889 bits per heavy atom. The molecule has 3 aromatic carbocycles. The zero-order valence-corrected chi connectivity index (χ0v) is 15.9. The van der Waals surface area contributed by atoms with Gasteiger partial charge in [-0.2, -0.15) is 0 Å². The summed E-state index contributed by atoms with van der Waals surface area (Å²) in [7, 11) is 0. The first kappa shape index (κ1) is 17.3. The highest BCUT2D eigenvalue weighted by Crippen LogP contribution is 2.28. The summed E-state index contributed by atoms with van der Waals surface area (Å²) in [4.78, 5) is 4.96. The van der Waals surface area contributed by atoms with Crippen molar-refractivity contribution in [2.75, 3.05) is 5.73 Å². The molecule has 0 saturated heterocycles. The predicted molar refractivity (Wildman–Crippen MR) is 114 cm³/mol. The van der Waals surface area contributed by atoms with Gasteiger partial charge in [-0.15, -0.1) is 0 Å². The van der Waals surface area contributed by atoms with E-state index >= 15 is 0 Å². The van der Waals surface area contributed by atoms with Crippen LogP contribution in [0.3, 0.4) is 0 Å². The van der Waals surface area contributed by atoms with Crippen LogP contribution in [0.4, 0.5) is 5.69 Å². The molecule has 3 nitrogen and oxygen atoms in total. The van der Waals surface area contributed by atoms with Gasteiger partial charge in [-0.05, 0) is 67.6 Å². The largest absolute Gasteiger partial charge is 0.399 e. The number of aromatic nitrogens is 2. The third kappa shape index (κ3) is 3.59. The molecule has 0 aliphatic rings. The number of hydrogen-bond acceptors (Lipinski definition) is 2. The van der Waals surface area contributed by atoms with Crippen LogP contribution in [0.15, 0.2) is 66.7 Å². The van der Waals surface area contributed by atoms with E-state index in [2.05, 4.69) is 66.9 Å². The fraction of sp³-hybridized carbons (Fsp3) is 0.208. The number of anilines is 1. The van der Waals surface area contributed by atoms with Gasteiger partial charge in [0.1, 0.15) is 5.82 Å². The van der Waals surface area contributed by atoms with E-state index in [0.29, 0.717) is 0 Å². The zero-order valence-electron chi connectivity index (χ0n) is 15.9. The Kier molecular flexibility index (Phi) is 4.68. The molecule has 1 aromatic heterocycles. The normalized spacial score (nSPS) is 11.2. The van der Waals surface area contributed by atoms with Crippen LogP contribution in [0.2, 0.25) is 0 Å². The van der Waals surface area contributed by atoms with Gasteiger partial charge in [0, 0.05) is 17.8 Å². The molecule has 0 spiro atoms. The number of aryl methyl sites for hydroxylation is 4. The monoisotopic (exact) mass is 355 g/mol. The minimum atomic E-state index is 0.766. The molecular weight excluding hydrogens is 330 g/mol. The second kappa shape index (κ2) is 7.28. The van der Waals surface area contributed by atoms with Crippen LogP contribution in [0.25, 0.3) is 22.4 Å². The first-order valence-corrected chi connectivity index (χ1v) is 9.49. The first-order valence-electron chi connectivity index (χ1n) is 9.49. The molecule has 0 bridgehead atoms. The molecule has 3 heteroatoms. The summed E-state index contributed by atoms with van der Waals surface area (Å²) in [5.74, 6) is 0.996. The number of rotatable bonds is 5. The minimum Gasteiger partial charge on any atom is -0.399 e. The van der Waals surface area contributed by atoms with Crippen molar-refractivity contribution in [1.82, 2.24) is 9.55 Å². The molecular formula is C24H25N3. The predicted octanol–water partition coefficient (Wildman–Crippen LogP) is 5.54. The van der Waals surface area contributed by atoms with E-state index < -0.39 is 0 Å². The summed E-state index contributed by atoms with van der Waals surface area (Å²) in [5.41, 5.74) is 14.1. The molecule has 1 heterocycles. The van der Waals surface area contributed by atoms with Crippen molar-refractivity contribution in [3.63, 3.8) is 0 Å². The number of imidazole rings is 1. The van der Waals surface area contributed by atoms with Crippen LogP contribution >= 0.6 is 0 Å². The summed E-state index contributed by atoms with van der Waals surface area (Å²) >= 11 is 0. The van der Waals surface area contributed by atoms with Crippen molar-refractivity contribution in [2.45, 2.75) is 33.2 Å². The van der Waals surface area contributed by atoms with Gasteiger partial charge in [0.05, 0.1) is 11.0 Å². The lowest BCUT2D eigenvalue weighted by molar-refractivity contribution is 0.663. The maximum Gasteiger partial charge on any atom is 0.141 e. The summed E-state index contributed by atoms with van der Waals surface area (Å²) in [5, 5.41) is 0. The third-order valence-corrected chi connectivity index (χ3v) is 5.20. The maximum atomic E-state index is 6.03. The van der Waals surface area contributed by atoms with Gasteiger partial charge in [-0.3, -0.25) is 0 Å². The topological polar surface area (TPSA) is 43.8 Å². The molecule has 0 aliphatic carbocycles. The number of benzene rings is 3. The van der Waals surface area contributed by atoms with Crippen molar-refractivity contribution in [3.8, 4) is 11.4 Å². The SMILES string of the molecule is Cc1cc2nc(-c3cccc(N)c3)n(CCCc3ccccc3)c2cc1C. The van der Waals surface area contributed by atoms with Crippen molar-refractivity contribution in [2.24, 2.45) is 0 Å². The fourth-order valence-corrected chi connectivity index (χ4v) is 3.59. The number of nitrogens with zero attached hydrogens (tertiary/aromatic N) is 2. The highest BCUT2D eigenvalue weighted by Gasteiger charge is 2.14. The van der Waals surface area contributed by atoms with Gasteiger partial charge in [-0.1, -0.05) is 42.5 Å². The van der Waals surface area contributed by atoms with Crippen molar-refractivity contribution in [3.05, 3.63) is 83.4 Å². The van der Waals surface area contributed by atoms with E-state index in [4.69, 9.17) is 10.7 Å². The Hall–Kier alpha value is -3.07. The van der Waals surface area contributed by atoms with E-state index in [0.717, 1.165) is 42.0 Å². The Morgan fingerprint density at radius 3 is 2.44 bits per heavy atom. The zero-order chi connectivity index (χ0) is 18.8. The van der Waals surface area contributed by atoms with E-state index in [1.165, 1.54) is 22.2 Å². The third-order valence-electron chi connectivity index (χ3n) is 5.20. The quantitative estimate of drug-likeness (QED) is 0.478. The molecule has 0 radical (unpaired) electrons. The Morgan fingerprint density at radius 2 is 1.67 bits per heavy atom. The van der Waals surface area contributed by atoms with Gasteiger partial charge >= 0.3 is 0 Å². The molecule has 0 atom stereocenters.